The van der Waals surface area contributed by atoms with Crippen molar-refractivity contribution in [2.45, 2.75) is 59.5 Å². The van der Waals surface area contributed by atoms with Crippen LogP contribution in [0.1, 0.15) is 53.4 Å². The van der Waals surface area contributed by atoms with Gasteiger partial charge in [0.15, 0.2) is 5.96 Å². The van der Waals surface area contributed by atoms with Gasteiger partial charge in [0.1, 0.15) is 0 Å². The highest BCUT2D eigenvalue weighted by Crippen LogP contribution is 2.09. The van der Waals surface area contributed by atoms with Crippen LogP contribution in [0.15, 0.2) is 4.99 Å². The van der Waals surface area contributed by atoms with Crippen molar-refractivity contribution in [2.24, 2.45) is 10.9 Å². The molecular weight excluding hydrogens is 405 g/mol. The third-order valence-electron chi connectivity index (χ3n) is 3.47. The van der Waals surface area contributed by atoms with Gasteiger partial charge in [0.25, 0.3) is 0 Å². The Hall–Kier alpha value is -0.0800. The molecule has 0 spiro atoms. The summed E-state index contributed by atoms with van der Waals surface area (Å²) in [5.74, 6) is 1.39. The Morgan fingerprint density at radius 3 is 2.26 bits per heavy atom. The van der Waals surface area contributed by atoms with E-state index in [2.05, 4.69) is 36.4 Å². The van der Waals surface area contributed by atoms with Crippen molar-refractivity contribution in [1.82, 2.24) is 10.6 Å². The lowest BCUT2D eigenvalue weighted by atomic mass is 10.0. The van der Waals surface area contributed by atoms with Gasteiger partial charge < -0.3 is 20.1 Å². The van der Waals surface area contributed by atoms with E-state index < -0.39 is 0 Å². The molecule has 0 radical (unpaired) electrons. The lowest BCUT2D eigenvalue weighted by Crippen LogP contribution is -2.39. The summed E-state index contributed by atoms with van der Waals surface area (Å²) in [6, 6.07) is 0. The highest BCUT2D eigenvalue weighted by atomic mass is 127. The molecule has 6 heteroatoms. The van der Waals surface area contributed by atoms with E-state index >= 15 is 0 Å². The van der Waals surface area contributed by atoms with Crippen LogP contribution in [0.4, 0.5) is 0 Å². The van der Waals surface area contributed by atoms with Crippen LogP contribution in [0.5, 0.6) is 0 Å². The molecule has 140 valence electrons. The number of rotatable bonds is 13. The second-order valence-corrected chi connectivity index (χ2v) is 5.77. The maximum absolute atomic E-state index is 5.75. The van der Waals surface area contributed by atoms with Crippen molar-refractivity contribution in [3.8, 4) is 0 Å². The van der Waals surface area contributed by atoms with Crippen molar-refractivity contribution in [3.63, 3.8) is 0 Å². The highest BCUT2D eigenvalue weighted by molar-refractivity contribution is 14.0. The van der Waals surface area contributed by atoms with Crippen molar-refractivity contribution < 1.29 is 9.47 Å². The van der Waals surface area contributed by atoms with Crippen molar-refractivity contribution >= 4 is 29.9 Å². The predicted octanol–water partition coefficient (Wildman–Crippen LogP) is 3.43. The Morgan fingerprint density at radius 2 is 1.70 bits per heavy atom. The summed E-state index contributed by atoms with van der Waals surface area (Å²) < 4.78 is 11.3. The molecule has 0 aliphatic carbocycles. The number of hydrogen-bond donors (Lipinski definition) is 2. The number of nitrogens with one attached hydrogen (secondary N) is 2. The summed E-state index contributed by atoms with van der Waals surface area (Å²) in [5.41, 5.74) is 0. The summed E-state index contributed by atoms with van der Waals surface area (Å²) in [5, 5.41) is 6.66. The molecule has 0 saturated heterocycles. The minimum absolute atomic E-state index is 0. The smallest absolute Gasteiger partial charge is 0.190 e. The van der Waals surface area contributed by atoms with Crippen LogP contribution in [0.3, 0.4) is 0 Å². The fraction of sp³-hybridized carbons (Fsp3) is 0.941. The number of unbranched alkanes of at least 4 members (excludes halogenated alkanes) is 1. The van der Waals surface area contributed by atoms with Crippen LogP contribution in [0.2, 0.25) is 0 Å². The summed E-state index contributed by atoms with van der Waals surface area (Å²) in [6.45, 7) is 12.8. The number of guanidine groups is 1. The molecular formula is C17H38IN3O2. The third-order valence-corrected chi connectivity index (χ3v) is 3.47. The van der Waals surface area contributed by atoms with Crippen LogP contribution in [-0.2, 0) is 9.47 Å². The maximum Gasteiger partial charge on any atom is 0.190 e. The number of halogens is 1. The Kier molecular flexibility index (Phi) is 20.0. The van der Waals surface area contributed by atoms with E-state index in [0.29, 0.717) is 12.0 Å². The van der Waals surface area contributed by atoms with E-state index in [0.717, 1.165) is 58.1 Å². The van der Waals surface area contributed by atoms with Crippen LogP contribution < -0.4 is 10.6 Å². The summed E-state index contributed by atoms with van der Waals surface area (Å²) in [6.07, 6.45) is 4.63. The average Bonchev–Trinajstić information content (AvgIpc) is 2.51. The first-order valence-corrected chi connectivity index (χ1v) is 8.79. The standard InChI is InChI=1S/C17H37N3O2.HI/c1-6-8-13-21-14-9-11-19-17(18-5)20-12-10-16(15(3)4)22-7-2;/h15-16H,6-14H2,1-5H3,(H2,18,19,20);1H. The molecule has 5 nitrogen and oxygen atoms in total. The maximum atomic E-state index is 5.75. The van der Waals surface area contributed by atoms with Gasteiger partial charge in [0.2, 0.25) is 0 Å². The van der Waals surface area contributed by atoms with Crippen LogP contribution in [0.25, 0.3) is 0 Å². The number of ether oxygens (including phenoxy) is 2. The van der Waals surface area contributed by atoms with Gasteiger partial charge in [-0.2, -0.15) is 0 Å². The monoisotopic (exact) mass is 443 g/mol. The van der Waals surface area contributed by atoms with Gasteiger partial charge in [-0.25, -0.2) is 0 Å². The van der Waals surface area contributed by atoms with Crippen LogP contribution in [0, 0.1) is 5.92 Å². The van der Waals surface area contributed by atoms with Crippen molar-refractivity contribution in [2.75, 3.05) is 40.0 Å². The molecule has 2 N–H and O–H groups in total. The summed E-state index contributed by atoms with van der Waals surface area (Å²) >= 11 is 0. The van der Waals surface area contributed by atoms with Gasteiger partial charge >= 0.3 is 0 Å². The van der Waals surface area contributed by atoms with Gasteiger partial charge in [0.05, 0.1) is 6.10 Å². The Balaban J connectivity index is 0. The third kappa shape index (κ3) is 15.2. The quantitative estimate of drug-likeness (QED) is 0.198. The Morgan fingerprint density at radius 1 is 1.04 bits per heavy atom. The molecule has 0 amide bonds. The van der Waals surface area contributed by atoms with Gasteiger partial charge in [-0.15, -0.1) is 24.0 Å². The van der Waals surface area contributed by atoms with Gasteiger partial charge in [0, 0.05) is 40.0 Å². The molecule has 0 bridgehead atoms. The lowest BCUT2D eigenvalue weighted by molar-refractivity contribution is 0.0258. The SMILES string of the molecule is CCCCOCCCNC(=NC)NCCC(OCC)C(C)C.I. The van der Waals surface area contributed by atoms with E-state index in [4.69, 9.17) is 9.47 Å². The van der Waals surface area contributed by atoms with E-state index in [1.165, 1.54) is 6.42 Å². The van der Waals surface area contributed by atoms with Crippen molar-refractivity contribution in [3.05, 3.63) is 0 Å². The highest BCUT2D eigenvalue weighted by Gasteiger charge is 2.12. The molecule has 0 heterocycles. The van der Waals surface area contributed by atoms with E-state index in [9.17, 15) is 0 Å². The zero-order chi connectivity index (χ0) is 16.6. The molecule has 23 heavy (non-hydrogen) atoms. The zero-order valence-electron chi connectivity index (χ0n) is 15.7. The number of aliphatic imine (C=N–C) groups is 1. The molecule has 0 rings (SSSR count). The Bertz CT molecular complexity index is 277. The second-order valence-electron chi connectivity index (χ2n) is 5.77. The molecule has 0 fully saturated rings. The second kappa shape index (κ2) is 18.3. The van der Waals surface area contributed by atoms with E-state index in [-0.39, 0.29) is 24.0 Å². The summed E-state index contributed by atoms with van der Waals surface area (Å²) in [7, 11) is 1.80. The minimum Gasteiger partial charge on any atom is -0.381 e. The fourth-order valence-corrected chi connectivity index (χ4v) is 2.11. The number of nitrogens with zero attached hydrogens (tertiary/aromatic N) is 1. The molecule has 0 saturated carbocycles. The summed E-state index contributed by atoms with van der Waals surface area (Å²) in [4.78, 5) is 4.24. The minimum atomic E-state index is 0. The van der Waals surface area contributed by atoms with Crippen LogP contribution in [-0.4, -0.2) is 52.0 Å². The molecule has 0 aromatic heterocycles. The van der Waals surface area contributed by atoms with Crippen molar-refractivity contribution in [1.29, 1.82) is 0 Å². The molecule has 1 atom stereocenters. The normalized spacial score (nSPS) is 12.9. The molecule has 1 unspecified atom stereocenters. The first kappa shape index (κ1) is 25.2. The predicted molar refractivity (Wildman–Crippen MR) is 110 cm³/mol. The van der Waals surface area contributed by atoms with E-state index in [1.54, 1.807) is 7.05 Å². The Labute approximate surface area is 160 Å². The number of hydrogen-bond acceptors (Lipinski definition) is 3. The molecule has 0 aliphatic rings. The first-order valence-electron chi connectivity index (χ1n) is 8.79. The molecule has 0 aliphatic heterocycles. The largest absolute Gasteiger partial charge is 0.381 e. The lowest BCUT2D eigenvalue weighted by Gasteiger charge is -2.21. The topological polar surface area (TPSA) is 54.9 Å². The fourth-order valence-electron chi connectivity index (χ4n) is 2.11. The van der Waals surface area contributed by atoms with Gasteiger partial charge in [-0.1, -0.05) is 27.2 Å². The van der Waals surface area contributed by atoms with Crippen LogP contribution >= 0.6 is 24.0 Å². The zero-order valence-corrected chi connectivity index (χ0v) is 18.0. The molecule has 0 aromatic rings. The molecule has 0 aromatic carbocycles. The van der Waals surface area contributed by atoms with Gasteiger partial charge in [-0.3, -0.25) is 4.99 Å². The van der Waals surface area contributed by atoms with Gasteiger partial charge in [-0.05, 0) is 32.1 Å². The average molecular weight is 443 g/mol. The first-order chi connectivity index (χ1) is 10.7. The van der Waals surface area contributed by atoms with E-state index in [1.807, 2.05) is 6.92 Å².